The third-order valence-electron chi connectivity index (χ3n) is 2.19. The molecule has 0 saturated carbocycles. The van der Waals surface area contributed by atoms with Crippen LogP contribution in [-0.4, -0.2) is 14.9 Å². The second kappa shape index (κ2) is 4.96. The van der Waals surface area contributed by atoms with Crippen LogP contribution in [-0.2, 0) is 4.43 Å². The van der Waals surface area contributed by atoms with Crippen molar-refractivity contribution in [2.45, 2.75) is 26.4 Å². The average molecular weight is 229 g/mol. The standard InChI is InChI=1S/C11H17ClOSi/c1-4-8-13-14(2,3)11-7-5-6-10(12)9-11/h5-7,9H,4,8H2,1-3H3. The van der Waals surface area contributed by atoms with E-state index in [1.165, 1.54) is 5.19 Å². The summed E-state index contributed by atoms with van der Waals surface area (Å²) < 4.78 is 5.90. The Kier molecular flexibility index (Phi) is 4.17. The van der Waals surface area contributed by atoms with Crippen LogP contribution in [0.1, 0.15) is 13.3 Å². The first-order valence-electron chi connectivity index (χ1n) is 4.96. The monoisotopic (exact) mass is 228 g/mol. The minimum absolute atomic E-state index is 0.795. The maximum Gasteiger partial charge on any atom is 0.218 e. The Bertz CT molecular complexity index is 299. The molecule has 0 atom stereocenters. The first-order chi connectivity index (χ1) is 6.56. The molecular weight excluding hydrogens is 212 g/mol. The van der Waals surface area contributed by atoms with Crippen LogP contribution in [0.25, 0.3) is 0 Å². The third-order valence-corrected chi connectivity index (χ3v) is 5.05. The third kappa shape index (κ3) is 3.12. The van der Waals surface area contributed by atoms with Gasteiger partial charge in [0.25, 0.3) is 0 Å². The molecule has 14 heavy (non-hydrogen) atoms. The van der Waals surface area contributed by atoms with E-state index in [2.05, 4.69) is 26.1 Å². The van der Waals surface area contributed by atoms with Crippen LogP contribution < -0.4 is 5.19 Å². The fraction of sp³-hybridized carbons (Fsp3) is 0.455. The molecule has 0 spiro atoms. The van der Waals surface area contributed by atoms with E-state index in [1.807, 2.05) is 18.2 Å². The molecule has 1 rings (SSSR count). The van der Waals surface area contributed by atoms with Gasteiger partial charge in [0.1, 0.15) is 0 Å². The Balaban J connectivity index is 2.80. The van der Waals surface area contributed by atoms with Crippen LogP contribution in [0.2, 0.25) is 18.1 Å². The van der Waals surface area contributed by atoms with Crippen molar-refractivity contribution >= 4 is 25.1 Å². The summed E-state index contributed by atoms with van der Waals surface area (Å²) in [5.41, 5.74) is 0. The van der Waals surface area contributed by atoms with Gasteiger partial charge < -0.3 is 4.43 Å². The number of hydrogen-bond acceptors (Lipinski definition) is 1. The van der Waals surface area contributed by atoms with Crippen molar-refractivity contribution in [2.24, 2.45) is 0 Å². The van der Waals surface area contributed by atoms with E-state index in [1.54, 1.807) is 0 Å². The van der Waals surface area contributed by atoms with Crippen LogP contribution in [0.5, 0.6) is 0 Å². The Hall–Kier alpha value is -0.313. The predicted molar refractivity (Wildman–Crippen MR) is 64.8 cm³/mol. The van der Waals surface area contributed by atoms with Crippen LogP contribution in [0, 0.1) is 0 Å². The van der Waals surface area contributed by atoms with Crippen LogP contribution in [0.15, 0.2) is 24.3 Å². The lowest BCUT2D eigenvalue weighted by Gasteiger charge is -2.23. The van der Waals surface area contributed by atoms with Crippen molar-refractivity contribution in [3.63, 3.8) is 0 Å². The van der Waals surface area contributed by atoms with Crippen molar-refractivity contribution in [1.82, 2.24) is 0 Å². The van der Waals surface area contributed by atoms with Crippen LogP contribution in [0.3, 0.4) is 0 Å². The first-order valence-corrected chi connectivity index (χ1v) is 8.25. The van der Waals surface area contributed by atoms with Gasteiger partial charge in [0.15, 0.2) is 0 Å². The quantitative estimate of drug-likeness (QED) is 0.720. The van der Waals surface area contributed by atoms with E-state index in [4.69, 9.17) is 16.0 Å². The molecule has 0 aliphatic rings. The van der Waals surface area contributed by atoms with E-state index in [-0.39, 0.29) is 0 Å². The van der Waals surface area contributed by atoms with Crippen molar-refractivity contribution in [3.8, 4) is 0 Å². The summed E-state index contributed by atoms with van der Waals surface area (Å²) in [6.07, 6.45) is 1.07. The molecule has 1 nitrogen and oxygen atoms in total. The second-order valence-corrected chi connectivity index (χ2v) is 8.19. The molecule has 0 unspecified atom stereocenters. The summed E-state index contributed by atoms with van der Waals surface area (Å²) in [4.78, 5) is 0. The second-order valence-electron chi connectivity index (χ2n) is 3.87. The number of rotatable bonds is 4. The molecule has 0 radical (unpaired) electrons. The van der Waals surface area contributed by atoms with Gasteiger partial charge in [0.05, 0.1) is 0 Å². The van der Waals surface area contributed by atoms with E-state index >= 15 is 0 Å². The Morgan fingerprint density at radius 1 is 1.36 bits per heavy atom. The number of benzene rings is 1. The molecule has 1 aromatic rings. The SMILES string of the molecule is CCCO[Si](C)(C)c1cccc(Cl)c1. The van der Waals surface area contributed by atoms with Gasteiger partial charge in [-0.05, 0) is 36.8 Å². The minimum Gasteiger partial charge on any atom is -0.413 e. The molecule has 0 saturated heterocycles. The van der Waals surface area contributed by atoms with Gasteiger partial charge in [-0.1, -0.05) is 30.7 Å². The predicted octanol–water partition coefficient (Wildman–Crippen LogP) is 3.18. The zero-order chi connectivity index (χ0) is 10.6. The molecule has 0 aliphatic carbocycles. The van der Waals surface area contributed by atoms with Crippen molar-refractivity contribution in [3.05, 3.63) is 29.3 Å². The minimum atomic E-state index is -1.72. The molecule has 0 amide bonds. The van der Waals surface area contributed by atoms with Gasteiger partial charge in [0, 0.05) is 11.6 Å². The van der Waals surface area contributed by atoms with Gasteiger partial charge in [-0.3, -0.25) is 0 Å². The van der Waals surface area contributed by atoms with E-state index in [0.717, 1.165) is 18.1 Å². The lowest BCUT2D eigenvalue weighted by atomic mass is 10.4. The largest absolute Gasteiger partial charge is 0.413 e. The summed E-state index contributed by atoms with van der Waals surface area (Å²) in [7, 11) is -1.72. The molecule has 0 aromatic heterocycles. The Morgan fingerprint density at radius 3 is 2.64 bits per heavy atom. The maximum absolute atomic E-state index is 5.95. The normalized spacial score (nSPS) is 11.7. The fourth-order valence-corrected chi connectivity index (χ4v) is 3.47. The first kappa shape index (κ1) is 11.8. The van der Waals surface area contributed by atoms with Crippen molar-refractivity contribution < 1.29 is 4.43 Å². The van der Waals surface area contributed by atoms with Gasteiger partial charge in [-0.25, -0.2) is 0 Å². The van der Waals surface area contributed by atoms with E-state index in [0.29, 0.717) is 0 Å². The van der Waals surface area contributed by atoms with Crippen LogP contribution in [0.4, 0.5) is 0 Å². The molecule has 3 heteroatoms. The fourth-order valence-electron chi connectivity index (χ4n) is 1.30. The van der Waals surface area contributed by atoms with Crippen LogP contribution >= 0.6 is 11.6 Å². The summed E-state index contributed by atoms with van der Waals surface area (Å²) in [5.74, 6) is 0. The molecule has 1 aromatic carbocycles. The summed E-state index contributed by atoms with van der Waals surface area (Å²) in [6, 6.07) is 8.01. The van der Waals surface area contributed by atoms with E-state index < -0.39 is 8.32 Å². The molecule has 0 bridgehead atoms. The summed E-state index contributed by atoms with van der Waals surface area (Å²) in [5, 5.41) is 2.06. The molecule has 0 heterocycles. The van der Waals surface area contributed by atoms with Gasteiger partial charge >= 0.3 is 0 Å². The number of hydrogen-bond donors (Lipinski definition) is 0. The topological polar surface area (TPSA) is 9.23 Å². The highest BCUT2D eigenvalue weighted by molar-refractivity contribution is 6.84. The highest BCUT2D eigenvalue weighted by Gasteiger charge is 2.24. The molecule has 0 N–H and O–H groups in total. The molecule has 78 valence electrons. The molecule has 0 aliphatic heterocycles. The van der Waals surface area contributed by atoms with Crippen molar-refractivity contribution in [1.29, 1.82) is 0 Å². The Labute approximate surface area is 92.2 Å². The Morgan fingerprint density at radius 2 is 2.07 bits per heavy atom. The zero-order valence-electron chi connectivity index (χ0n) is 9.01. The highest BCUT2D eigenvalue weighted by atomic mass is 35.5. The zero-order valence-corrected chi connectivity index (χ0v) is 10.8. The maximum atomic E-state index is 5.95. The van der Waals surface area contributed by atoms with Crippen molar-refractivity contribution in [2.75, 3.05) is 6.61 Å². The smallest absolute Gasteiger partial charge is 0.218 e. The number of halogens is 1. The summed E-state index contributed by atoms with van der Waals surface area (Å²) >= 11 is 5.95. The van der Waals surface area contributed by atoms with Gasteiger partial charge in [0.2, 0.25) is 8.32 Å². The highest BCUT2D eigenvalue weighted by Crippen LogP contribution is 2.10. The lowest BCUT2D eigenvalue weighted by Crippen LogP contribution is -2.44. The molecular formula is C11H17ClOSi. The van der Waals surface area contributed by atoms with Gasteiger partial charge in [-0.2, -0.15) is 0 Å². The van der Waals surface area contributed by atoms with E-state index in [9.17, 15) is 0 Å². The molecule has 0 fully saturated rings. The summed E-state index contributed by atoms with van der Waals surface area (Å²) in [6.45, 7) is 7.37. The average Bonchev–Trinajstić information content (AvgIpc) is 2.15. The van der Waals surface area contributed by atoms with Gasteiger partial charge in [-0.15, -0.1) is 0 Å². The lowest BCUT2D eigenvalue weighted by molar-refractivity contribution is 0.315.